The molecule has 0 amide bonds. The number of aromatic nitrogens is 1. The number of benzene rings is 1. The second-order valence-electron chi connectivity index (χ2n) is 5.56. The lowest BCUT2D eigenvalue weighted by atomic mass is 10.2. The summed E-state index contributed by atoms with van der Waals surface area (Å²) < 4.78 is 27.7. The van der Waals surface area contributed by atoms with Crippen LogP contribution in [0.25, 0.3) is 0 Å². The molecule has 0 bridgehead atoms. The van der Waals surface area contributed by atoms with Crippen molar-refractivity contribution < 1.29 is 8.42 Å². The SMILES string of the molecule is CN=C(NS(=O)(=O)c1ccc(C)cc1)N1CCc2nc(N)sc2C1. The number of nitrogen functional groups attached to an aromatic ring is 1. The smallest absolute Gasteiger partial charge is 0.264 e. The Morgan fingerprint density at radius 2 is 2.08 bits per heavy atom. The summed E-state index contributed by atoms with van der Waals surface area (Å²) in [5.74, 6) is 0.327. The number of nitrogens with two attached hydrogens (primary N) is 1. The van der Waals surface area contributed by atoms with Crippen LogP contribution >= 0.6 is 11.3 Å². The molecule has 0 aliphatic carbocycles. The third-order valence-electron chi connectivity index (χ3n) is 3.82. The van der Waals surface area contributed by atoms with Crippen LogP contribution in [0.2, 0.25) is 0 Å². The van der Waals surface area contributed by atoms with Crippen molar-refractivity contribution in [3.63, 3.8) is 0 Å². The molecule has 1 aliphatic rings. The topological polar surface area (TPSA) is 101 Å². The molecule has 0 fully saturated rings. The summed E-state index contributed by atoms with van der Waals surface area (Å²) in [6.07, 6.45) is 0.717. The first-order valence-electron chi connectivity index (χ1n) is 7.44. The van der Waals surface area contributed by atoms with Gasteiger partial charge in [0.2, 0.25) is 5.96 Å². The monoisotopic (exact) mass is 365 g/mol. The molecule has 0 saturated heterocycles. The van der Waals surface area contributed by atoms with Crippen LogP contribution in [0.5, 0.6) is 0 Å². The van der Waals surface area contributed by atoms with Crippen LogP contribution in [-0.2, 0) is 23.0 Å². The molecule has 0 unspecified atom stereocenters. The van der Waals surface area contributed by atoms with E-state index in [0.717, 1.165) is 16.1 Å². The fourth-order valence-electron chi connectivity index (χ4n) is 2.54. The average Bonchev–Trinajstić information content (AvgIpc) is 2.92. The van der Waals surface area contributed by atoms with Gasteiger partial charge in [-0.1, -0.05) is 17.7 Å². The van der Waals surface area contributed by atoms with Gasteiger partial charge in [-0.05, 0) is 19.1 Å². The molecule has 0 saturated carbocycles. The highest BCUT2D eigenvalue weighted by atomic mass is 32.2. The maximum absolute atomic E-state index is 12.6. The van der Waals surface area contributed by atoms with E-state index in [9.17, 15) is 8.42 Å². The van der Waals surface area contributed by atoms with E-state index in [1.165, 1.54) is 11.3 Å². The van der Waals surface area contributed by atoms with Gasteiger partial charge in [-0.3, -0.25) is 4.99 Å². The lowest BCUT2D eigenvalue weighted by Gasteiger charge is -2.29. The van der Waals surface area contributed by atoms with E-state index in [1.54, 1.807) is 31.3 Å². The van der Waals surface area contributed by atoms with Gasteiger partial charge in [-0.25, -0.2) is 18.1 Å². The highest BCUT2D eigenvalue weighted by Gasteiger charge is 2.25. The number of hydrogen-bond acceptors (Lipinski definition) is 6. The molecular weight excluding hydrogens is 346 g/mol. The number of rotatable bonds is 2. The standard InChI is InChI=1S/C15H19N5O2S2/c1-10-3-5-11(6-4-10)24(21,22)19-15(17-2)20-8-7-12-13(9-20)23-14(16)18-12/h3-6H,7-9H2,1-2H3,(H2,16,18)(H,17,19). The molecular formula is C15H19N5O2S2. The van der Waals surface area contributed by atoms with Crippen LogP contribution in [0, 0.1) is 6.92 Å². The average molecular weight is 365 g/mol. The summed E-state index contributed by atoms with van der Waals surface area (Å²) in [5, 5.41) is 0.539. The molecule has 0 spiro atoms. The van der Waals surface area contributed by atoms with Crippen LogP contribution in [0.1, 0.15) is 16.1 Å². The molecule has 0 atom stereocenters. The van der Waals surface area contributed by atoms with Crippen LogP contribution in [0.3, 0.4) is 0 Å². The predicted molar refractivity (Wildman–Crippen MR) is 95.5 cm³/mol. The van der Waals surface area contributed by atoms with Crippen molar-refractivity contribution in [1.29, 1.82) is 0 Å². The van der Waals surface area contributed by atoms with Crippen molar-refractivity contribution in [3.8, 4) is 0 Å². The largest absolute Gasteiger partial charge is 0.375 e. The molecule has 9 heteroatoms. The number of guanidine groups is 1. The van der Waals surface area contributed by atoms with E-state index < -0.39 is 10.0 Å². The van der Waals surface area contributed by atoms with Crippen molar-refractivity contribution >= 4 is 32.5 Å². The van der Waals surface area contributed by atoms with Gasteiger partial charge in [0.25, 0.3) is 10.0 Å². The zero-order valence-electron chi connectivity index (χ0n) is 13.5. The van der Waals surface area contributed by atoms with Gasteiger partial charge in [-0.15, -0.1) is 11.3 Å². The lowest BCUT2D eigenvalue weighted by molar-refractivity contribution is 0.387. The Morgan fingerprint density at radius 3 is 2.75 bits per heavy atom. The molecule has 24 heavy (non-hydrogen) atoms. The highest BCUT2D eigenvalue weighted by molar-refractivity contribution is 7.90. The second-order valence-corrected chi connectivity index (χ2v) is 8.36. The van der Waals surface area contributed by atoms with Crippen LogP contribution < -0.4 is 10.5 Å². The van der Waals surface area contributed by atoms with Gasteiger partial charge in [0.1, 0.15) is 0 Å². The quantitative estimate of drug-likeness (QED) is 0.618. The number of aryl methyl sites for hydroxylation is 1. The Bertz CT molecular complexity index is 872. The summed E-state index contributed by atoms with van der Waals surface area (Å²) >= 11 is 1.43. The minimum absolute atomic E-state index is 0.217. The predicted octanol–water partition coefficient (Wildman–Crippen LogP) is 1.36. The van der Waals surface area contributed by atoms with E-state index in [2.05, 4.69) is 14.7 Å². The van der Waals surface area contributed by atoms with Crippen LogP contribution in [0.15, 0.2) is 34.2 Å². The third-order valence-corrected chi connectivity index (χ3v) is 6.07. The third kappa shape index (κ3) is 3.36. The first-order chi connectivity index (χ1) is 11.4. The number of thiazole rings is 1. The van der Waals surface area contributed by atoms with Crippen molar-refractivity contribution in [2.24, 2.45) is 4.99 Å². The fourth-order valence-corrected chi connectivity index (χ4v) is 4.51. The first-order valence-corrected chi connectivity index (χ1v) is 9.74. The molecule has 0 radical (unpaired) electrons. The zero-order chi connectivity index (χ0) is 17.3. The maximum atomic E-state index is 12.6. The number of fused-ring (bicyclic) bond motifs is 1. The Morgan fingerprint density at radius 1 is 1.38 bits per heavy atom. The van der Waals surface area contributed by atoms with Crippen molar-refractivity contribution in [1.82, 2.24) is 14.6 Å². The summed E-state index contributed by atoms with van der Waals surface area (Å²) in [5.41, 5.74) is 7.75. The number of aliphatic imine (C=N–C) groups is 1. The fraction of sp³-hybridized carbons (Fsp3) is 0.333. The molecule has 1 aromatic heterocycles. The van der Waals surface area contributed by atoms with Crippen LogP contribution in [-0.4, -0.2) is 37.9 Å². The first kappa shape index (κ1) is 16.7. The van der Waals surface area contributed by atoms with E-state index >= 15 is 0 Å². The van der Waals surface area contributed by atoms with Gasteiger partial charge in [-0.2, -0.15) is 0 Å². The van der Waals surface area contributed by atoms with Gasteiger partial charge < -0.3 is 10.6 Å². The van der Waals surface area contributed by atoms with Gasteiger partial charge in [0.15, 0.2) is 5.13 Å². The summed E-state index contributed by atoms with van der Waals surface area (Å²) in [7, 11) is -2.10. The van der Waals surface area contributed by atoms with E-state index in [4.69, 9.17) is 5.73 Å². The summed E-state index contributed by atoms with van der Waals surface area (Å²) in [4.78, 5) is 11.6. The molecule has 128 valence electrons. The van der Waals surface area contributed by atoms with E-state index in [-0.39, 0.29) is 4.90 Å². The Labute approximate surface area is 145 Å². The van der Waals surface area contributed by atoms with Crippen LogP contribution in [0.4, 0.5) is 5.13 Å². The number of anilines is 1. The maximum Gasteiger partial charge on any atom is 0.264 e. The molecule has 2 heterocycles. The zero-order valence-corrected chi connectivity index (χ0v) is 15.1. The summed E-state index contributed by atoms with van der Waals surface area (Å²) in [6.45, 7) is 3.10. The molecule has 7 nitrogen and oxygen atoms in total. The van der Waals surface area contributed by atoms with Gasteiger partial charge >= 0.3 is 0 Å². The number of nitrogens with one attached hydrogen (secondary N) is 1. The Balaban J connectivity index is 1.79. The number of hydrogen-bond donors (Lipinski definition) is 2. The second kappa shape index (κ2) is 6.40. The van der Waals surface area contributed by atoms with Crippen molar-refractivity contribution in [2.75, 3.05) is 19.3 Å². The minimum Gasteiger partial charge on any atom is -0.375 e. The summed E-state index contributed by atoms with van der Waals surface area (Å²) in [6, 6.07) is 6.71. The molecule has 3 N–H and O–H groups in total. The molecule has 3 rings (SSSR count). The van der Waals surface area contributed by atoms with Crippen molar-refractivity contribution in [3.05, 3.63) is 40.4 Å². The lowest BCUT2D eigenvalue weighted by Crippen LogP contribution is -2.45. The Kier molecular flexibility index (Phi) is 4.46. The highest BCUT2D eigenvalue weighted by Crippen LogP contribution is 2.26. The number of nitrogens with zero attached hydrogens (tertiary/aromatic N) is 3. The van der Waals surface area contributed by atoms with E-state index in [0.29, 0.717) is 30.6 Å². The van der Waals surface area contributed by atoms with Crippen molar-refractivity contribution in [2.45, 2.75) is 24.8 Å². The minimum atomic E-state index is -3.67. The molecule has 1 aromatic carbocycles. The Hall–Kier alpha value is -2.13. The number of sulfonamides is 1. The van der Waals surface area contributed by atoms with E-state index in [1.807, 2.05) is 11.8 Å². The van der Waals surface area contributed by atoms with Gasteiger partial charge in [0, 0.05) is 24.9 Å². The normalized spacial score (nSPS) is 15.2. The molecule has 1 aliphatic heterocycles. The molecule has 2 aromatic rings. The van der Waals surface area contributed by atoms with Gasteiger partial charge in [0.05, 0.1) is 17.1 Å².